The van der Waals surface area contributed by atoms with Crippen molar-refractivity contribution in [3.8, 4) is 0 Å². The van der Waals surface area contributed by atoms with E-state index in [9.17, 15) is 0 Å². The van der Waals surface area contributed by atoms with Crippen LogP contribution in [0.5, 0.6) is 0 Å². The lowest BCUT2D eigenvalue weighted by atomic mass is 9.95. The van der Waals surface area contributed by atoms with E-state index >= 15 is 0 Å². The third-order valence-corrected chi connectivity index (χ3v) is 3.85. The Kier molecular flexibility index (Phi) is 3.69. The Bertz CT molecular complexity index is 584. The summed E-state index contributed by atoms with van der Waals surface area (Å²) in [5, 5.41) is 0. The first-order valence-corrected chi connectivity index (χ1v) is 7.31. The van der Waals surface area contributed by atoms with Crippen LogP contribution >= 0.6 is 15.9 Å². The van der Waals surface area contributed by atoms with Crippen molar-refractivity contribution >= 4 is 27.3 Å². The summed E-state index contributed by atoms with van der Waals surface area (Å²) in [4.78, 5) is 0. The van der Waals surface area contributed by atoms with Gasteiger partial charge in [-0.15, -0.1) is 0 Å². The summed E-state index contributed by atoms with van der Waals surface area (Å²) in [6.45, 7) is 0.807. The first-order chi connectivity index (χ1) is 9.34. The van der Waals surface area contributed by atoms with Crippen LogP contribution in [0.4, 0.5) is 0 Å². The zero-order valence-electron chi connectivity index (χ0n) is 10.6. The molecule has 0 amide bonds. The first-order valence-electron chi connectivity index (χ1n) is 6.52. The molecule has 0 bridgehead atoms. The predicted molar refractivity (Wildman–Crippen MR) is 82.6 cm³/mol. The Labute approximate surface area is 122 Å². The van der Waals surface area contributed by atoms with Gasteiger partial charge in [0.1, 0.15) is 5.76 Å². The van der Waals surface area contributed by atoms with Gasteiger partial charge in [-0.25, -0.2) is 0 Å². The molecule has 2 aromatic rings. The van der Waals surface area contributed by atoms with Gasteiger partial charge in [0.2, 0.25) is 0 Å². The topological polar surface area (TPSA) is 9.23 Å². The lowest BCUT2D eigenvalue weighted by Gasteiger charge is -2.22. The maximum Gasteiger partial charge on any atom is 0.130 e. The highest BCUT2D eigenvalue weighted by molar-refractivity contribution is 9.10. The van der Waals surface area contributed by atoms with Crippen LogP contribution in [-0.4, -0.2) is 6.61 Å². The lowest BCUT2D eigenvalue weighted by molar-refractivity contribution is 0.262. The molecule has 2 aromatic carbocycles. The quantitative estimate of drug-likeness (QED) is 0.746. The fraction of sp³-hybridized carbons (Fsp3) is 0.176. The molecule has 0 saturated carbocycles. The molecule has 0 fully saturated rings. The zero-order valence-corrected chi connectivity index (χ0v) is 12.2. The molecule has 96 valence electrons. The van der Waals surface area contributed by atoms with Crippen LogP contribution in [0.3, 0.4) is 0 Å². The molecule has 0 spiro atoms. The van der Waals surface area contributed by atoms with Crippen molar-refractivity contribution in [2.24, 2.45) is 0 Å². The summed E-state index contributed by atoms with van der Waals surface area (Å²) in [6.07, 6.45) is 2.17. The van der Waals surface area contributed by atoms with Crippen molar-refractivity contribution in [3.63, 3.8) is 0 Å². The first kappa shape index (κ1) is 12.5. The number of benzene rings is 2. The molecule has 2 heteroatoms. The minimum absolute atomic E-state index is 0.807. The highest BCUT2D eigenvalue weighted by Crippen LogP contribution is 2.34. The average molecular weight is 315 g/mol. The van der Waals surface area contributed by atoms with Gasteiger partial charge in [0, 0.05) is 15.6 Å². The fourth-order valence-corrected chi connectivity index (χ4v) is 2.66. The van der Waals surface area contributed by atoms with Crippen molar-refractivity contribution in [1.29, 1.82) is 0 Å². The van der Waals surface area contributed by atoms with Gasteiger partial charge in [0.15, 0.2) is 0 Å². The van der Waals surface area contributed by atoms with Crippen LogP contribution in [-0.2, 0) is 4.74 Å². The van der Waals surface area contributed by atoms with E-state index in [4.69, 9.17) is 4.74 Å². The Hall–Kier alpha value is -1.54. The summed E-state index contributed by atoms with van der Waals surface area (Å²) in [6, 6.07) is 18.8. The van der Waals surface area contributed by atoms with Gasteiger partial charge >= 0.3 is 0 Å². The smallest absolute Gasteiger partial charge is 0.130 e. The normalized spacial score (nSPS) is 15.2. The Balaban J connectivity index is 2.08. The molecular weight excluding hydrogens is 300 g/mol. The number of allylic oxidation sites excluding steroid dienone is 1. The van der Waals surface area contributed by atoms with Crippen LogP contribution < -0.4 is 0 Å². The molecule has 3 rings (SSSR count). The van der Waals surface area contributed by atoms with Crippen molar-refractivity contribution in [1.82, 2.24) is 0 Å². The molecule has 0 radical (unpaired) electrons. The maximum atomic E-state index is 5.94. The zero-order chi connectivity index (χ0) is 13.1. The van der Waals surface area contributed by atoms with Gasteiger partial charge < -0.3 is 4.74 Å². The highest BCUT2D eigenvalue weighted by atomic mass is 79.9. The van der Waals surface area contributed by atoms with E-state index in [-0.39, 0.29) is 0 Å². The second-order valence-electron chi connectivity index (χ2n) is 4.63. The SMILES string of the molecule is Brc1ccc(C2=C(c3ccccc3)CCCO2)cc1. The maximum absolute atomic E-state index is 5.94. The van der Waals surface area contributed by atoms with E-state index in [1.807, 2.05) is 6.07 Å². The van der Waals surface area contributed by atoms with Gasteiger partial charge in [0.25, 0.3) is 0 Å². The lowest BCUT2D eigenvalue weighted by Crippen LogP contribution is -2.05. The number of hydrogen-bond donors (Lipinski definition) is 0. The fourth-order valence-electron chi connectivity index (χ4n) is 2.40. The van der Waals surface area contributed by atoms with E-state index < -0.39 is 0 Å². The third kappa shape index (κ3) is 2.74. The standard InChI is InChI=1S/C17H15BrO/c18-15-10-8-14(9-11-15)17-16(7-4-12-19-17)13-5-2-1-3-6-13/h1-3,5-6,8-11H,4,7,12H2. The highest BCUT2D eigenvalue weighted by Gasteiger charge is 2.17. The van der Waals surface area contributed by atoms with Crippen molar-refractivity contribution in [3.05, 3.63) is 70.2 Å². The number of halogens is 1. The number of hydrogen-bond acceptors (Lipinski definition) is 1. The molecule has 19 heavy (non-hydrogen) atoms. The number of ether oxygens (including phenoxy) is 1. The third-order valence-electron chi connectivity index (χ3n) is 3.32. The van der Waals surface area contributed by atoms with Crippen LogP contribution in [0, 0.1) is 0 Å². The van der Waals surface area contributed by atoms with Crippen LogP contribution in [0.25, 0.3) is 11.3 Å². The van der Waals surface area contributed by atoms with Crippen LogP contribution in [0.1, 0.15) is 24.0 Å². The second kappa shape index (κ2) is 5.62. The summed E-state index contributed by atoms with van der Waals surface area (Å²) in [7, 11) is 0. The van der Waals surface area contributed by atoms with Crippen molar-refractivity contribution in [2.75, 3.05) is 6.61 Å². The van der Waals surface area contributed by atoms with Gasteiger partial charge in [-0.05, 0) is 30.5 Å². The van der Waals surface area contributed by atoms with E-state index in [0.717, 1.165) is 35.2 Å². The van der Waals surface area contributed by atoms with Crippen molar-refractivity contribution < 1.29 is 4.74 Å². The molecule has 1 aliphatic rings. The Morgan fingerprint density at radius 2 is 1.58 bits per heavy atom. The van der Waals surface area contributed by atoms with Gasteiger partial charge in [-0.2, -0.15) is 0 Å². The minimum Gasteiger partial charge on any atom is -0.493 e. The van der Waals surface area contributed by atoms with Gasteiger partial charge in [-0.3, -0.25) is 0 Å². The van der Waals surface area contributed by atoms with Crippen molar-refractivity contribution in [2.45, 2.75) is 12.8 Å². The van der Waals surface area contributed by atoms with Gasteiger partial charge in [0.05, 0.1) is 6.61 Å². The van der Waals surface area contributed by atoms with Crippen LogP contribution in [0.2, 0.25) is 0 Å². The van der Waals surface area contributed by atoms with E-state index in [1.54, 1.807) is 0 Å². The van der Waals surface area contributed by atoms with E-state index in [1.165, 1.54) is 11.1 Å². The molecule has 1 aliphatic heterocycles. The molecule has 1 nitrogen and oxygen atoms in total. The summed E-state index contributed by atoms with van der Waals surface area (Å²) in [5.74, 6) is 1.03. The van der Waals surface area contributed by atoms with Gasteiger partial charge in [-0.1, -0.05) is 58.4 Å². The Morgan fingerprint density at radius 1 is 0.842 bits per heavy atom. The average Bonchev–Trinajstić information content (AvgIpc) is 2.49. The summed E-state index contributed by atoms with van der Waals surface area (Å²) < 4.78 is 7.03. The van der Waals surface area contributed by atoms with E-state index in [2.05, 4.69) is 64.5 Å². The monoisotopic (exact) mass is 314 g/mol. The molecular formula is C17H15BrO. The Morgan fingerprint density at radius 3 is 2.32 bits per heavy atom. The predicted octanol–water partition coefficient (Wildman–Crippen LogP) is 5.13. The largest absolute Gasteiger partial charge is 0.493 e. The molecule has 0 aliphatic carbocycles. The molecule has 0 saturated heterocycles. The minimum atomic E-state index is 0.807. The molecule has 0 N–H and O–H groups in total. The molecule has 0 aromatic heterocycles. The number of rotatable bonds is 2. The molecule has 0 unspecified atom stereocenters. The molecule has 1 heterocycles. The summed E-state index contributed by atoms with van der Waals surface area (Å²) >= 11 is 3.47. The molecule has 0 atom stereocenters. The summed E-state index contributed by atoms with van der Waals surface area (Å²) in [5.41, 5.74) is 3.73. The van der Waals surface area contributed by atoms with E-state index in [0.29, 0.717) is 0 Å². The van der Waals surface area contributed by atoms with Crippen LogP contribution in [0.15, 0.2) is 59.1 Å². The second-order valence-corrected chi connectivity index (χ2v) is 5.55.